The van der Waals surface area contributed by atoms with Crippen LogP contribution < -0.4 is 0 Å². The second-order valence-corrected chi connectivity index (χ2v) is 14.2. The smallest absolute Gasteiger partial charge is 0.165 e. The third-order valence-electron chi connectivity index (χ3n) is 10.00. The van der Waals surface area contributed by atoms with Crippen molar-refractivity contribution in [2.24, 2.45) is 0 Å². The summed E-state index contributed by atoms with van der Waals surface area (Å²) in [5.74, 6) is 1.96. The van der Waals surface area contributed by atoms with Gasteiger partial charge in [0.25, 0.3) is 0 Å². The lowest BCUT2D eigenvalue weighted by molar-refractivity contribution is 1.08. The van der Waals surface area contributed by atoms with Gasteiger partial charge in [-0.2, -0.15) is 0 Å². The maximum atomic E-state index is 5.28. The first-order valence-corrected chi connectivity index (χ1v) is 18.6. The van der Waals surface area contributed by atoms with E-state index in [0.717, 1.165) is 27.8 Å². The average Bonchev–Trinajstić information content (AvgIpc) is 3.63. The maximum Gasteiger partial charge on any atom is 0.165 e. The van der Waals surface area contributed by atoms with Crippen LogP contribution in [0, 0.1) is 0 Å². The summed E-state index contributed by atoms with van der Waals surface area (Å²) < 4.78 is 2.43. The fraction of sp³-hybridized carbons (Fsp3) is 0. The SMILES string of the molecule is c1ccc(-c2nc(-c3ccccc3-c3ccc(-c4ccccc4-c4ccccc4)c4ccccc34)nc(-c3cccc4c3sc3ccccc34)n2)cc1. The Bertz CT molecular complexity index is 2950. The molecule has 4 heteroatoms. The highest BCUT2D eigenvalue weighted by Gasteiger charge is 2.20. The topological polar surface area (TPSA) is 38.7 Å². The van der Waals surface area contributed by atoms with Gasteiger partial charge in [-0.1, -0.05) is 176 Å². The Balaban J connectivity index is 1.18. The van der Waals surface area contributed by atoms with E-state index in [4.69, 9.17) is 15.0 Å². The van der Waals surface area contributed by atoms with E-state index in [-0.39, 0.29) is 0 Å². The molecule has 0 fully saturated rings. The molecule has 53 heavy (non-hydrogen) atoms. The first-order valence-electron chi connectivity index (χ1n) is 17.8. The quantitative estimate of drug-likeness (QED) is 0.174. The summed E-state index contributed by atoms with van der Waals surface area (Å²) in [6.07, 6.45) is 0. The number of hydrogen-bond acceptors (Lipinski definition) is 4. The molecule has 10 aromatic rings. The van der Waals surface area contributed by atoms with Gasteiger partial charge in [0.15, 0.2) is 17.5 Å². The van der Waals surface area contributed by atoms with Crippen LogP contribution in [0.1, 0.15) is 0 Å². The second-order valence-electron chi connectivity index (χ2n) is 13.1. The minimum atomic E-state index is 0.644. The minimum Gasteiger partial charge on any atom is -0.208 e. The highest BCUT2D eigenvalue weighted by molar-refractivity contribution is 7.26. The second kappa shape index (κ2) is 13.1. The molecule has 0 N–H and O–H groups in total. The van der Waals surface area contributed by atoms with E-state index in [9.17, 15) is 0 Å². The van der Waals surface area contributed by atoms with Crippen LogP contribution in [-0.4, -0.2) is 15.0 Å². The lowest BCUT2D eigenvalue weighted by Gasteiger charge is -2.17. The zero-order chi connectivity index (χ0) is 35.1. The lowest BCUT2D eigenvalue weighted by Crippen LogP contribution is -2.01. The van der Waals surface area contributed by atoms with Gasteiger partial charge in [-0.3, -0.25) is 0 Å². The zero-order valence-corrected chi connectivity index (χ0v) is 29.5. The Kier molecular flexibility index (Phi) is 7.67. The Labute approximate surface area is 311 Å². The summed E-state index contributed by atoms with van der Waals surface area (Å²) in [5.41, 5.74) is 9.94. The monoisotopic (exact) mass is 693 g/mol. The van der Waals surface area contributed by atoms with E-state index < -0.39 is 0 Å². The Hall–Kier alpha value is -6.75. The average molecular weight is 694 g/mol. The number of nitrogens with zero attached hydrogens (tertiary/aromatic N) is 3. The van der Waals surface area contributed by atoms with Crippen molar-refractivity contribution in [3.05, 3.63) is 188 Å². The molecule has 248 valence electrons. The molecule has 0 amide bonds. The molecule has 0 spiro atoms. The van der Waals surface area contributed by atoms with Crippen molar-refractivity contribution in [1.82, 2.24) is 15.0 Å². The Morgan fingerprint density at radius 2 is 0.717 bits per heavy atom. The van der Waals surface area contributed by atoms with Gasteiger partial charge in [-0.15, -0.1) is 11.3 Å². The molecule has 2 heterocycles. The van der Waals surface area contributed by atoms with E-state index in [0.29, 0.717) is 17.5 Å². The molecule has 0 atom stereocenters. The molecule has 0 saturated carbocycles. The van der Waals surface area contributed by atoms with Gasteiger partial charge < -0.3 is 0 Å². The van der Waals surface area contributed by atoms with Crippen molar-refractivity contribution in [2.75, 3.05) is 0 Å². The molecule has 0 saturated heterocycles. The van der Waals surface area contributed by atoms with Gasteiger partial charge in [0.05, 0.1) is 0 Å². The molecule has 0 aliphatic rings. The van der Waals surface area contributed by atoms with Crippen molar-refractivity contribution in [2.45, 2.75) is 0 Å². The predicted octanol–water partition coefficient (Wildman–Crippen LogP) is 13.4. The van der Waals surface area contributed by atoms with Crippen LogP contribution in [0.5, 0.6) is 0 Å². The van der Waals surface area contributed by atoms with E-state index in [1.54, 1.807) is 11.3 Å². The molecular weight excluding hydrogens is 663 g/mol. The third kappa shape index (κ3) is 5.48. The number of hydrogen-bond donors (Lipinski definition) is 0. The van der Waals surface area contributed by atoms with Gasteiger partial charge >= 0.3 is 0 Å². The number of benzene rings is 8. The summed E-state index contributed by atoms with van der Waals surface area (Å²) in [6, 6.07) is 66.3. The van der Waals surface area contributed by atoms with E-state index in [1.165, 1.54) is 53.2 Å². The van der Waals surface area contributed by atoms with Crippen molar-refractivity contribution in [1.29, 1.82) is 0 Å². The molecular formula is C49H31N3S. The number of rotatable bonds is 6. The molecule has 0 aliphatic carbocycles. The van der Waals surface area contributed by atoms with Crippen LogP contribution in [0.15, 0.2) is 188 Å². The van der Waals surface area contributed by atoms with Gasteiger partial charge in [0.1, 0.15) is 0 Å². The molecule has 10 rings (SSSR count). The summed E-state index contributed by atoms with van der Waals surface area (Å²) in [7, 11) is 0. The van der Waals surface area contributed by atoms with Crippen molar-refractivity contribution < 1.29 is 0 Å². The highest BCUT2D eigenvalue weighted by Crippen LogP contribution is 2.43. The van der Waals surface area contributed by atoms with Crippen molar-refractivity contribution in [3.63, 3.8) is 0 Å². The Morgan fingerprint density at radius 1 is 0.264 bits per heavy atom. The molecule has 8 aromatic carbocycles. The summed E-state index contributed by atoms with van der Waals surface area (Å²) >= 11 is 1.79. The maximum absolute atomic E-state index is 5.28. The number of fused-ring (bicyclic) bond motifs is 4. The fourth-order valence-electron chi connectivity index (χ4n) is 7.53. The molecule has 3 nitrogen and oxygen atoms in total. The Morgan fingerprint density at radius 3 is 1.40 bits per heavy atom. The molecule has 0 bridgehead atoms. The minimum absolute atomic E-state index is 0.644. The molecule has 2 aromatic heterocycles. The van der Waals surface area contributed by atoms with E-state index in [1.807, 2.05) is 18.2 Å². The first-order chi connectivity index (χ1) is 26.3. The van der Waals surface area contributed by atoms with Crippen LogP contribution >= 0.6 is 11.3 Å². The van der Waals surface area contributed by atoms with Crippen molar-refractivity contribution >= 4 is 42.3 Å². The summed E-state index contributed by atoms with van der Waals surface area (Å²) in [4.78, 5) is 15.6. The van der Waals surface area contributed by atoms with Crippen LogP contribution in [0.4, 0.5) is 0 Å². The third-order valence-corrected chi connectivity index (χ3v) is 11.2. The standard InChI is InChI=1S/C49H31N3S/c1-3-16-32(17-4-1)34-20-7-8-21-35(34)39-30-31-40(37-23-10-9-22-36(37)39)38-24-11-12-26-43(38)48-50-47(33-18-5-2-6-19-33)51-49(52-48)44-28-15-27-42-41-25-13-14-29-45(41)53-46(42)44/h1-31H. The van der Waals surface area contributed by atoms with E-state index in [2.05, 4.69) is 170 Å². The normalized spacial score (nSPS) is 11.4. The number of aromatic nitrogens is 3. The first kappa shape index (κ1) is 31.0. The molecule has 0 unspecified atom stereocenters. The largest absolute Gasteiger partial charge is 0.208 e. The van der Waals surface area contributed by atoms with Gasteiger partial charge in [-0.05, 0) is 56.3 Å². The molecule has 0 radical (unpaired) electrons. The van der Waals surface area contributed by atoms with E-state index >= 15 is 0 Å². The van der Waals surface area contributed by atoms with Crippen molar-refractivity contribution in [3.8, 4) is 67.5 Å². The lowest BCUT2D eigenvalue weighted by atomic mass is 9.87. The van der Waals surface area contributed by atoms with Gasteiger partial charge in [0, 0.05) is 36.9 Å². The van der Waals surface area contributed by atoms with Crippen LogP contribution in [0.2, 0.25) is 0 Å². The van der Waals surface area contributed by atoms with Gasteiger partial charge in [-0.25, -0.2) is 15.0 Å². The van der Waals surface area contributed by atoms with Crippen LogP contribution in [-0.2, 0) is 0 Å². The predicted molar refractivity (Wildman–Crippen MR) is 223 cm³/mol. The van der Waals surface area contributed by atoms with Crippen LogP contribution in [0.25, 0.3) is 98.5 Å². The van der Waals surface area contributed by atoms with Gasteiger partial charge in [0.2, 0.25) is 0 Å². The summed E-state index contributed by atoms with van der Waals surface area (Å²) in [6.45, 7) is 0. The zero-order valence-electron chi connectivity index (χ0n) is 28.6. The number of thiophene rings is 1. The molecule has 0 aliphatic heterocycles. The van der Waals surface area contributed by atoms with Crippen LogP contribution in [0.3, 0.4) is 0 Å². The highest BCUT2D eigenvalue weighted by atomic mass is 32.1. The fourth-order valence-corrected chi connectivity index (χ4v) is 8.74. The summed E-state index contributed by atoms with van der Waals surface area (Å²) in [5, 5.41) is 4.83.